The second-order valence-electron chi connectivity index (χ2n) is 5.31. The summed E-state index contributed by atoms with van der Waals surface area (Å²) in [4.78, 5) is 25.4. The number of methoxy groups -OCH3 is 2. The molecule has 0 atom stereocenters. The standard InChI is InChI=1S/C19H27NO5/c1-4-25-14-6-12-20(13-11-19(22)24-3)18(21)10-9-16-7-5-8-17(15-16)23-2/h5,7-10,15H,4,6,11-14H2,1-3H3/b10-9+. The van der Waals surface area contributed by atoms with Crippen LogP contribution in [0.2, 0.25) is 0 Å². The second-order valence-corrected chi connectivity index (χ2v) is 5.31. The molecule has 6 nitrogen and oxygen atoms in total. The van der Waals surface area contributed by atoms with Crippen LogP contribution in [0.25, 0.3) is 6.08 Å². The van der Waals surface area contributed by atoms with E-state index in [4.69, 9.17) is 9.47 Å². The first kappa shape index (κ1) is 20.7. The highest BCUT2D eigenvalue weighted by molar-refractivity contribution is 5.92. The molecule has 0 spiro atoms. The summed E-state index contributed by atoms with van der Waals surface area (Å²) in [5, 5.41) is 0. The maximum Gasteiger partial charge on any atom is 0.307 e. The van der Waals surface area contributed by atoms with E-state index in [-0.39, 0.29) is 18.3 Å². The van der Waals surface area contributed by atoms with Crippen LogP contribution < -0.4 is 4.74 Å². The van der Waals surface area contributed by atoms with Crippen molar-refractivity contribution < 1.29 is 23.8 Å². The average Bonchev–Trinajstić information content (AvgIpc) is 2.65. The molecule has 1 rings (SSSR count). The molecule has 0 heterocycles. The maximum atomic E-state index is 12.5. The lowest BCUT2D eigenvalue weighted by Crippen LogP contribution is -2.33. The molecule has 1 amide bonds. The Hall–Kier alpha value is -2.34. The molecule has 138 valence electrons. The first-order chi connectivity index (χ1) is 12.1. The lowest BCUT2D eigenvalue weighted by Gasteiger charge is -2.20. The summed E-state index contributed by atoms with van der Waals surface area (Å²) in [5.41, 5.74) is 0.870. The third-order valence-electron chi connectivity index (χ3n) is 3.56. The van der Waals surface area contributed by atoms with Gasteiger partial charge in [0, 0.05) is 32.4 Å². The number of hydrogen-bond acceptors (Lipinski definition) is 5. The van der Waals surface area contributed by atoms with Crippen LogP contribution in [0.15, 0.2) is 30.3 Å². The number of nitrogens with zero attached hydrogens (tertiary/aromatic N) is 1. The predicted molar refractivity (Wildman–Crippen MR) is 96.4 cm³/mol. The zero-order valence-electron chi connectivity index (χ0n) is 15.2. The van der Waals surface area contributed by atoms with Crippen LogP contribution in [-0.4, -0.2) is 57.3 Å². The average molecular weight is 349 g/mol. The third-order valence-corrected chi connectivity index (χ3v) is 3.56. The summed E-state index contributed by atoms with van der Waals surface area (Å²) in [6, 6.07) is 7.44. The normalized spacial score (nSPS) is 10.7. The van der Waals surface area contributed by atoms with Gasteiger partial charge in [-0.3, -0.25) is 9.59 Å². The lowest BCUT2D eigenvalue weighted by molar-refractivity contribution is -0.141. The second kappa shape index (κ2) is 12.1. The molecule has 0 unspecified atom stereocenters. The van der Waals surface area contributed by atoms with Crippen LogP contribution in [-0.2, 0) is 19.1 Å². The molecule has 0 radical (unpaired) electrons. The Morgan fingerprint density at radius 2 is 2.00 bits per heavy atom. The van der Waals surface area contributed by atoms with E-state index in [1.807, 2.05) is 31.2 Å². The molecular formula is C19H27NO5. The monoisotopic (exact) mass is 349 g/mol. The van der Waals surface area contributed by atoms with E-state index in [1.54, 1.807) is 18.1 Å². The van der Waals surface area contributed by atoms with Crippen molar-refractivity contribution in [3.63, 3.8) is 0 Å². The molecule has 0 aromatic heterocycles. The molecule has 0 aliphatic carbocycles. The van der Waals surface area contributed by atoms with E-state index >= 15 is 0 Å². The van der Waals surface area contributed by atoms with Crippen molar-refractivity contribution in [3.05, 3.63) is 35.9 Å². The van der Waals surface area contributed by atoms with E-state index in [2.05, 4.69) is 4.74 Å². The molecular weight excluding hydrogens is 322 g/mol. The van der Waals surface area contributed by atoms with Crippen LogP contribution in [0.1, 0.15) is 25.3 Å². The van der Waals surface area contributed by atoms with Crippen molar-refractivity contribution in [2.24, 2.45) is 0 Å². The van der Waals surface area contributed by atoms with Crippen molar-refractivity contribution in [2.75, 3.05) is 40.5 Å². The van der Waals surface area contributed by atoms with Crippen molar-refractivity contribution >= 4 is 18.0 Å². The van der Waals surface area contributed by atoms with Crippen molar-refractivity contribution in [2.45, 2.75) is 19.8 Å². The molecule has 0 aliphatic heterocycles. The van der Waals surface area contributed by atoms with E-state index in [0.717, 1.165) is 11.3 Å². The molecule has 1 aromatic rings. The summed E-state index contributed by atoms with van der Waals surface area (Å²) in [5.74, 6) is 0.247. The van der Waals surface area contributed by atoms with Crippen molar-refractivity contribution in [1.82, 2.24) is 4.90 Å². The zero-order chi connectivity index (χ0) is 18.5. The Kier molecular flexibility index (Phi) is 10.0. The van der Waals surface area contributed by atoms with Gasteiger partial charge in [0.15, 0.2) is 0 Å². The molecule has 0 bridgehead atoms. The summed E-state index contributed by atoms with van der Waals surface area (Å²) >= 11 is 0. The van der Waals surface area contributed by atoms with E-state index < -0.39 is 0 Å². The van der Waals surface area contributed by atoms with Crippen LogP contribution in [0.5, 0.6) is 5.75 Å². The lowest BCUT2D eigenvalue weighted by atomic mass is 10.2. The predicted octanol–water partition coefficient (Wildman–Crippen LogP) is 2.53. The number of rotatable bonds is 11. The molecule has 25 heavy (non-hydrogen) atoms. The number of carbonyl (C=O) groups excluding carboxylic acids is 2. The number of benzene rings is 1. The van der Waals surface area contributed by atoms with Gasteiger partial charge < -0.3 is 19.1 Å². The fourth-order valence-corrected chi connectivity index (χ4v) is 2.18. The molecule has 0 N–H and O–H groups in total. The molecule has 1 aromatic carbocycles. The SMILES string of the molecule is CCOCCCN(CCC(=O)OC)C(=O)/C=C/c1cccc(OC)c1. The minimum Gasteiger partial charge on any atom is -0.497 e. The summed E-state index contributed by atoms with van der Waals surface area (Å²) in [6.07, 6.45) is 4.13. The number of amides is 1. The largest absolute Gasteiger partial charge is 0.497 e. The third kappa shape index (κ3) is 8.35. The summed E-state index contributed by atoms with van der Waals surface area (Å²) < 4.78 is 15.1. The number of carbonyl (C=O) groups is 2. The highest BCUT2D eigenvalue weighted by atomic mass is 16.5. The van der Waals surface area contributed by atoms with E-state index in [9.17, 15) is 9.59 Å². The van der Waals surface area contributed by atoms with Gasteiger partial charge in [-0.15, -0.1) is 0 Å². The van der Waals surface area contributed by atoms with Gasteiger partial charge in [-0.1, -0.05) is 12.1 Å². The zero-order valence-corrected chi connectivity index (χ0v) is 15.2. The number of esters is 1. The quantitative estimate of drug-likeness (QED) is 0.349. The minimum atomic E-state index is -0.334. The minimum absolute atomic E-state index is 0.150. The van der Waals surface area contributed by atoms with Crippen molar-refractivity contribution in [3.8, 4) is 5.75 Å². The first-order valence-corrected chi connectivity index (χ1v) is 8.36. The summed E-state index contributed by atoms with van der Waals surface area (Å²) in [7, 11) is 2.94. The topological polar surface area (TPSA) is 65.1 Å². The van der Waals surface area contributed by atoms with Crippen LogP contribution in [0, 0.1) is 0 Å². The van der Waals surface area contributed by atoms with Crippen molar-refractivity contribution in [1.29, 1.82) is 0 Å². The number of ether oxygens (including phenoxy) is 3. The molecule has 0 saturated carbocycles. The Labute approximate surface area is 149 Å². The smallest absolute Gasteiger partial charge is 0.307 e. The van der Waals surface area contributed by atoms with Gasteiger partial charge >= 0.3 is 5.97 Å². The van der Waals surface area contributed by atoms with Gasteiger partial charge in [0.25, 0.3) is 0 Å². The van der Waals surface area contributed by atoms with Gasteiger partial charge in [0.05, 0.1) is 20.6 Å². The first-order valence-electron chi connectivity index (χ1n) is 8.36. The Bertz CT molecular complexity index is 571. The van der Waals surface area contributed by atoms with E-state index in [0.29, 0.717) is 32.7 Å². The van der Waals surface area contributed by atoms with Gasteiger partial charge in [0.1, 0.15) is 5.75 Å². The van der Waals surface area contributed by atoms with Crippen LogP contribution in [0.4, 0.5) is 0 Å². The van der Waals surface area contributed by atoms with Crippen LogP contribution >= 0.6 is 0 Å². The van der Waals surface area contributed by atoms with Gasteiger partial charge in [-0.05, 0) is 37.1 Å². The molecule has 0 fully saturated rings. The molecule has 0 saturated heterocycles. The van der Waals surface area contributed by atoms with Gasteiger partial charge in [0.2, 0.25) is 5.91 Å². The number of hydrogen-bond donors (Lipinski definition) is 0. The molecule has 6 heteroatoms. The van der Waals surface area contributed by atoms with Gasteiger partial charge in [-0.25, -0.2) is 0 Å². The van der Waals surface area contributed by atoms with Gasteiger partial charge in [-0.2, -0.15) is 0 Å². The fraction of sp³-hybridized carbons (Fsp3) is 0.474. The summed E-state index contributed by atoms with van der Waals surface area (Å²) in [6.45, 7) is 4.00. The maximum absolute atomic E-state index is 12.5. The van der Waals surface area contributed by atoms with Crippen LogP contribution in [0.3, 0.4) is 0 Å². The Balaban J connectivity index is 2.67. The Morgan fingerprint density at radius 3 is 2.68 bits per heavy atom. The fourth-order valence-electron chi connectivity index (χ4n) is 2.18. The molecule has 0 aliphatic rings. The highest BCUT2D eigenvalue weighted by Crippen LogP contribution is 2.13. The van der Waals surface area contributed by atoms with E-state index in [1.165, 1.54) is 13.2 Å². The highest BCUT2D eigenvalue weighted by Gasteiger charge is 2.12. The Morgan fingerprint density at radius 1 is 1.20 bits per heavy atom.